The van der Waals surface area contributed by atoms with Crippen LogP contribution < -0.4 is 4.74 Å². The number of benzene rings is 1. The minimum Gasteiger partial charge on any atom is -0.485 e. The Balaban J connectivity index is 1.81. The van der Waals surface area contributed by atoms with Crippen LogP contribution in [0.2, 0.25) is 0 Å². The van der Waals surface area contributed by atoms with Gasteiger partial charge in [-0.15, -0.1) is 10.2 Å². The molecule has 0 fully saturated rings. The molecule has 0 unspecified atom stereocenters. The Morgan fingerprint density at radius 2 is 2.19 bits per heavy atom. The Morgan fingerprint density at radius 3 is 3.00 bits per heavy atom. The third-order valence-electron chi connectivity index (χ3n) is 3.77. The van der Waals surface area contributed by atoms with Gasteiger partial charge in [0.05, 0.1) is 6.61 Å². The molecule has 0 bridgehead atoms. The zero-order valence-electron chi connectivity index (χ0n) is 12.0. The molecule has 0 radical (unpaired) electrons. The highest BCUT2D eigenvalue weighted by atomic mass is 79.9. The van der Waals surface area contributed by atoms with E-state index in [1.165, 1.54) is 6.42 Å². The maximum absolute atomic E-state index is 9.48. The second-order valence-electron chi connectivity index (χ2n) is 5.30. The van der Waals surface area contributed by atoms with Crippen LogP contribution in [0.3, 0.4) is 0 Å². The van der Waals surface area contributed by atoms with Crippen LogP contribution in [0.5, 0.6) is 5.75 Å². The Morgan fingerprint density at radius 1 is 1.33 bits per heavy atom. The fraction of sp³-hybridized carbons (Fsp3) is 0.467. The number of rotatable bonds is 4. The molecule has 0 aliphatic carbocycles. The van der Waals surface area contributed by atoms with E-state index < -0.39 is 0 Å². The smallest absolute Gasteiger partial charge is 0.171 e. The highest BCUT2D eigenvalue weighted by Gasteiger charge is 2.17. The van der Waals surface area contributed by atoms with Crippen LogP contribution in [0.4, 0.5) is 0 Å². The summed E-state index contributed by atoms with van der Waals surface area (Å²) in [6.07, 6.45) is 3.34. The van der Waals surface area contributed by atoms with E-state index in [0.29, 0.717) is 6.61 Å². The predicted octanol–water partition coefficient (Wildman–Crippen LogP) is 2.76. The maximum Gasteiger partial charge on any atom is 0.171 e. The number of aliphatic hydroxyl groups is 1. The molecule has 1 aliphatic rings. The van der Waals surface area contributed by atoms with E-state index in [2.05, 4.69) is 30.7 Å². The lowest BCUT2D eigenvalue weighted by atomic mass is 10.1. The van der Waals surface area contributed by atoms with Gasteiger partial charge in [-0.2, -0.15) is 0 Å². The molecule has 1 aliphatic heterocycles. The number of hydrogen-bond acceptors (Lipinski definition) is 4. The summed E-state index contributed by atoms with van der Waals surface area (Å²) in [7, 11) is 0. The molecular weight excluding hydrogens is 334 g/mol. The van der Waals surface area contributed by atoms with Crippen LogP contribution in [0.15, 0.2) is 16.6 Å². The highest BCUT2D eigenvalue weighted by Crippen LogP contribution is 2.29. The van der Waals surface area contributed by atoms with E-state index in [4.69, 9.17) is 4.74 Å². The molecule has 0 saturated carbocycles. The summed E-state index contributed by atoms with van der Waals surface area (Å²) in [5, 5.41) is 17.9. The van der Waals surface area contributed by atoms with E-state index in [-0.39, 0.29) is 6.61 Å². The number of hydrogen-bond donors (Lipinski definition) is 1. The third kappa shape index (κ3) is 2.96. The quantitative estimate of drug-likeness (QED) is 0.919. The molecule has 5 nitrogen and oxygen atoms in total. The first-order chi connectivity index (χ1) is 10.2. The number of aliphatic hydroxyl groups excluding tert-OH is 1. The number of ether oxygens (including phenoxy) is 1. The number of aromatic nitrogens is 3. The number of fused-ring (bicyclic) bond motifs is 1. The zero-order chi connectivity index (χ0) is 14.8. The summed E-state index contributed by atoms with van der Waals surface area (Å²) in [6.45, 7) is 3.27. The van der Waals surface area contributed by atoms with Crippen molar-refractivity contribution in [3.05, 3.63) is 39.4 Å². The molecule has 0 amide bonds. The van der Waals surface area contributed by atoms with Crippen LogP contribution in [-0.2, 0) is 26.2 Å². The summed E-state index contributed by atoms with van der Waals surface area (Å²) < 4.78 is 9.01. The summed E-state index contributed by atoms with van der Waals surface area (Å²) >= 11 is 3.43. The molecule has 6 heteroatoms. The van der Waals surface area contributed by atoms with Gasteiger partial charge in [0.1, 0.15) is 18.2 Å². The average molecular weight is 352 g/mol. The van der Waals surface area contributed by atoms with Crippen molar-refractivity contribution >= 4 is 15.9 Å². The zero-order valence-corrected chi connectivity index (χ0v) is 13.6. The van der Waals surface area contributed by atoms with Crippen molar-refractivity contribution < 1.29 is 9.84 Å². The molecular formula is C15H18BrN3O2. The van der Waals surface area contributed by atoms with Crippen molar-refractivity contribution in [2.45, 2.75) is 45.9 Å². The van der Waals surface area contributed by atoms with Crippen LogP contribution in [0.1, 0.15) is 35.6 Å². The number of halogens is 1. The summed E-state index contributed by atoms with van der Waals surface area (Å²) in [4.78, 5) is 0. The van der Waals surface area contributed by atoms with Gasteiger partial charge in [-0.05, 0) is 37.5 Å². The van der Waals surface area contributed by atoms with Crippen molar-refractivity contribution in [2.24, 2.45) is 0 Å². The lowest BCUT2D eigenvalue weighted by molar-refractivity contribution is 0.251. The number of aryl methyl sites for hydroxylation is 2. The van der Waals surface area contributed by atoms with Crippen molar-refractivity contribution in [1.82, 2.24) is 14.8 Å². The SMILES string of the molecule is Cc1cc(Br)cc(CO)c1OCc1nnc2n1CCCC2. The Hall–Kier alpha value is -1.40. The van der Waals surface area contributed by atoms with Crippen molar-refractivity contribution in [3.63, 3.8) is 0 Å². The standard InChI is InChI=1S/C15H18BrN3O2/c1-10-6-12(16)7-11(8-20)15(10)21-9-14-18-17-13-4-2-3-5-19(13)14/h6-7,20H,2-5,8-9H2,1H3. The van der Waals surface area contributed by atoms with Gasteiger partial charge in [-0.1, -0.05) is 15.9 Å². The van der Waals surface area contributed by atoms with Crippen molar-refractivity contribution in [1.29, 1.82) is 0 Å². The first kappa shape index (κ1) is 14.5. The molecule has 112 valence electrons. The lowest BCUT2D eigenvalue weighted by Gasteiger charge is -2.16. The van der Waals surface area contributed by atoms with Crippen molar-refractivity contribution in [3.8, 4) is 5.75 Å². The van der Waals surface area contributed by atoms with Gasteiger partial charge in [0, 0.05) is 23.0 Å². The fourth-order valence-electron chi connectivity index (χ4n) is 2.74. The van der Waals surface area contributed by atoms with Gasteiger partial charge >= 0.3 is 0 Å². The molecule has 21 heavy (non-hydrogen) atoms. The van der Waals surface area contributed by atoms with Gasteiger partial charge in [0.15, 0.2) is 5.82 Å². The largest absolute Gasteiger partial charge is 0.485 e. The van der Waals surface area contributed by atoms with E-state index in [1.54, 1.807) is 0 Å². The first-order valence-electron chi connectivity index (χ1n) is 7.12. The van der Waals surface area contributed by atoms with Crippen molar-refractivity contribution in [2.75, 3.05) is 0 Å². The molecule has 1 N–H and O–H groups in total. The monoisotopic (exact) mass is 351 g/mol. The van der Waals surface area contributed by atoms with E-state index in [0.717, 1.165) is 52.4 Å². The first-order valence-corrected chi connectivity index (χ1v) is 7.92. The van der Waals surface area contributed by atoms with E-state index in [1.807, 2.05) is 19.1 Å². The minimum absolute atomic E-state index is 0.0481. The fourth-order valence-corrected chi connectivity index (χ4v) is 3.35. The molecule has 3 rings (SSSR count). The Labute approximate surface area is 132 Å². The highest BCUT2D eigenvalue weighted by molar-refractivity contribution is 9.10. The van der Waals surface area contributed by atoms with Crippen LogP contribution in [0.25, 0.3) is 0 Å². The lowest BCUT2D eigenvalue weighted by Crippen LogP contribution is -2.15. The van der Waals surface area contributed by atoms with Gasteiger partial charge < -0.3 is 14.4 Å². The summed E-state index contributed by atoms with van der Waals surface area (Å²) in [5.74, 6) is 2.64. The van der Waals surface area contributed by atoms with Crippen LogP contribution in [0, 0.1) is 6.92 Å². The molecule has 0 spiro atoms. The number of nitrogens with zero attached hydrogens (tertiary/aromatic N) is 3. The molecule has 0 saturated heterocycles. The van der Waals surface area contributed by atoms with Gasteiger partial charge in [-0.25, -0.2) is 0 Å². The molecule has 1 aromatic heterocycles. The van der Waals surface area contributed by atoms with Gasteiger partial charge in [0.2, 0.25) is 0 Å². The predicted molar refractivity (Wildman–Crippen MR) is 82.1 cm³/mol. The van der Waals surface area contributed by atoms with Crippen LogP contribution in [-0.4, -0.2) is 19.9 Å². The third-order valence-corrected chi connectivity index (χ3v) is 4.23. The average Bonchev–Trinajstić information content (AvgIpc) is 2.89. The van der Waals surface area contributed by atoms with E-state index in [9.17, 15) is 5.11 Å². The van der Waals surface area contributed by atoms with Gasteiger partial charge in [-0.3, -0.25) is 0 Å². The maximum atomic E-state index is 9.48. The molecule has 2 aromatic rings. The normalized spacial score (nSPS) is 14.0. The summed E-state index contributed by atoms with van der Waals surface area (Å²) in [6, 6.07) is 3.86. The second kappa shape index (κ2) is 6.15. The topological polar surface area (TPSA) is 60.2 Å². The van der Waals surface area contributed by atoms with Gasteiger partial charge in [0.25, 0.3) is 0 Å². The Bertz CT molecular complexity index is 655. The Kier molecular flexibility index (Phi) is 4.26. The second-order valence-corrected chi connectivity index (χ2v) is 6.21. The summed E-state index contributed by atoms with van der Waals surface area (Å²) in [5.41, 5.74) is 1.77. The minimum atomic E-state index is -0.0481. The molecule has 2 heterocycles. The molecule has 0 atom stereocenters. The van der Waals surface area contributed by atoms with E-state index >= 15 is 0 Å². The van der Waals surface area contributed by atoms with Crippen LogP contribution >= 0.6 is 15.9 Å². The molecule has 1 aromatic carbocycles.